The summed E-state index contributed by atoms with van der Waals surface area (Å²) in [7, 11) is 0. The molecular formula is C36H34N2O4S2. The van der Waals surface area contributed by atoms with Crippen LogP contribution in [-0.2, 0) is 22.6 Å². The third kappa shape index (κ3) is 8.30. The first-order valence-corrected chi connectivity index (χ1v) is 16.1. The number of carbonyl (C=O) groups is 2. The Labute approximate surface area is 265 Å². The summed E-state index contributed by atoms with van der Waals surface area (Å²) in [5.74, 6) is 0.321. The molecule has 0 bridgehead atoms. The van der Waals surface area contributed by atoms with Crippen molar-refractivity contribution >= 4 is 50.7 Å². The van der Waals surface area contributed by atoms with Gasteiger partial charge in [0.2, 0.25) is 0 Å². The second kappa shape index (κ2) is 14.8. The Kier molecular flexibility index (Phi) is 10.4. The van der Waals surface area contributed by atoms with Gasteiger partial charge in [-0.3, -0.25) is 4.79 Å². The van der Waals surface area contributed by atoms with E-state index < -0.39 is 0 Å². The fraction of sp³-hybridized carbons (Fsp3) is 0.194. The minimum Gasteiger partial charge on any atom is -0.489 e. The number of allylic oxidation sites excluding steroid dienone is 2. The summed E-state index contributed by atoms with van der Waals surface area (Å²) in [6.45, 7) is 6.27. The lowest BCUT2D eigenvalue weighted by Crippen LogP contribution is -2.29. The molecule has 2 heterocycles. The van der Waals surface area contributed by atoms with Crippen LogP contribution in [0.4, 0.5) is 0 Å². The number of ether oxygens (including phenoxy) is 2. The van der Waals surface area contributed by atoms with Crippen molar-refractivity contribution in [1.29, 1.82) is 0 Å². The van der Waals surface area contributed by atoms with Gasteiger partial charge in [-0.2, -0.15) is 0 Å². The number of rotatable bonds is 12. The van der Waals surface area contributed by atoms with Crippen LogP contribution in [0.5, 0.6) is 5.75 Å². The van der Waals surface area contributed by atoms with E-state index in [0.29, 0.717) is 30.1 Å². The SMILES string of the molecule is CCOC(=O)C(C)=CC(C)=Cc1csc([C@H](Cc2ccc(OCc3ccccc3)cc2)NC(=O)c2cc3ccccc3s2)n1. The van der Waals surface area contributed by atoms with E-state index in [9.17, 15) is 9.59 Å². The van der Waals surface area contributed by atoms with Crippen LogP contribution in [0, 0.1) is 0 Å². The van der Waals surface area contributed by atoms with Crippen molar-refractivity contribution in [3.05, 3.63) is 134 Å². The first-order chi connectivity index (χ1) is 21.4. The van der Waals surface area contributed by atoms with Crippen molar-refractivity contribution in [2.75, 3.05) is 6.61 Å². The van der Waals surface area contributed by atoms with Crippen LogP contribution in [0.25, 0.3) is 16.2 Å². The topological polar surface area (TPSA) is 77.5 Å². The maximum absolute atomic E-state index is 13.5. The molecule has 6 nitrogen and oxygen atoms in total. The number of fused-ring (bicyclic) bond motifs is 1. The van der Waals surface area contributed by atoms with E-state index in [0.717, 1.165) is 43.2 Å². The van der Waals surface area contributed by atoms with E-state index in [4.69, 9.17) is 14.5 Å². The highest BCUT2D eigenvalue weighted by molar-refractivity contribution is 7.20. The van der Waals surface area contributed by atoms with E-state index in [1.807, 2.05) is 103 Å². The Balaban J connectivity index is 1.34. The van der Waals surface area contributed by atoms with Crippen molar-refractivity contribution in [1.82, 2.24) is 10.3 Å². The Morgan fingerprint density at radius 1 is 0.955 bits per heavy atom. The molecule has 1 amide bonds. The maximum Gasteiger partial charge on any atom is 0.333 e. The zero-order valence-electron chi connectivity index (χ0n) is 24.9. The van der Waals surface area contributed by atoms with Crippen LogP contribution < -0.4 is 10.1 Å². The highest BCUT2D eigenvalue weighted by Gasteiger charge is 2.21. The highest BCUT2D eigenvalue weighted by Crippen LogP contribution is 2.28. The maximum atomic E-state index is 13.5. The molecule has 0 radical (unpaired) electrons. The van der Waals surface area contributed by atoms with Crippen molar-refractivity contribution in [2.24, 2.45) is 0 Å². The number of thiophene rings is 1. The lowest BCUT2D eigenvalue weighted by Gasteiger charge is -2.17. The predicted molar refractivity (Wildman–Crippen MR) is 179 cm³/mol. The molecule has 1 atom stereocenters. The fourth-order valence-corrected chi connectivity index (χ4v) is 6.46. The molecule has 0 fully saturated rings. The Morgan fingerprint density at radius 2 is 1.70 bits per heavy atom. The van der Waals surface area contributed by atoms with E-state index in [1.165, 1.54) is 22.7 Å². The Morgan fingerprint density at radius 3 is 2.45 bits per heavy atom. The van der Waals surface area contributed by atoms with Crippen LogP contribution in [-0.4, -0.2) is 23.5 Å². The highest BCUT2D eigenvalue weighted by atomic mass is 32.1. The first kappa shape index (κ1) is 30.9. The van der Waals surface area contributed by atoms with Gasteiger partial charge < -0.3 is 14.8 Å². The molecule has 0 saturated heterocycles. The molecule has 8 heteroatoms. The van der Waals surface area contributed by atoms with E-state index in [2.05, 4.69) is 5.32 Å². The van der Waals surface area contributed by atoms with E-state index in [1.54, 1.807) is 19.9 Å². The van der Waals surface area contributed by atoms with Gasteiger partial charge >= 0.3 is 5.97 Å². The Hall–Kier alpha value is -4.53. The average Bonchev–Trinajstić information content (AvgIpc) is 3.68. The number of thiazole rings is 1. The molecule has 3 aromatic carbocycles. The van der Waals surface area contributed by atoms with Crippen LogP contribution in [0.15, 0.2) is 108 Å². The van der Waals surface area contributed by atoms with Gasteiger partial charge in [0.05, 0.1) is 23.2 Å². The number of hydrogen-bond acceptors (Lipinski definition) is 7. The molecule has 5 aromatic rings. The van der Waals surface area contributed by atoms with Gasteiger partial charge in [0.15, 0.2) is 0 Å². The summed E-state index contributed by atoms with van der Waals surface area (Å²) in [5, 5.41) is 7.06. The predicted octanol–water partition coefficient (Wildman–Crippen LogP) is 8.56. The quantitative estimate of drug-likeness (QED) is 0.0857. The summed E-state index contributed by atoms with van der Waals surface area (Å²) < 4.78 is 12.1. The standard InChI is InChI=1S/C36H34N2O4S2/c1-4-41-36(40)25(3)18-24(2)19-29-23-43-35(37-29)31(38-34(39)33-21-28-12-8-9-13-32(28)44-33)20-26-14-16-30(17-15-26)42-22-27-10-6-5-7-11-27/h5-19,21,23,31H,4,20,22H2,1-3H3,(H,38,39)/t31-/m0/s1. The number of hydrogen-bond donors (Lipinski definition) is 1. The van der Waals surface area contributed by atoms with Gasteiger partial charge in [-0.25, -0.2) is 9.78 Å². The number of nitrogens with one attached hydrogen (secondary N) is 1. The number of amides is 1. The number of nitrogens with zero attached hydrogens (tertiary/aromatic N) is 1. The molecule has 44 heavy (non-hydrogen) atoms. The van der Waals surface area contributed by atoms with Crippen molar-refractivity contribution in [3.63, 3.8) is 0 Å². The minimum absolute atomic E-state index is 0.129. The van der Waals surface area contributed by atoms with Gasteiger partial charge in [0, 0.05) is 15.7 Å². The Bertz CT molecular complexity index is 1750. The summed E-state index contributed by atoms with van der Waals surface area (Å²) in [5.41, 5.74) is 4.33. The van der Waals surface area contributed by atoms with E-state index >= 15 is 0 Å². The van der Waals surface area contributed by atoms with Crippen molar-refractivity contribution < 1.29 is 19.1 Å². The van der Waals surface area contributed by atoms with Gasteiger partial charge in [-0.15, -0.1) is 22.7 Å². The summed E-state index contributed by atoms with van der Waals surface area (Å²) in [4.78, 5) is 31.0. The fourth-order valence-electron chi connectivity index (χ4n) is 4.67. The van der Waals surface area contributed by atoms with Crippen LogP contribution in [0.3, 0.4) is 0 Å². The van der Waals surface area contributed by atoms with Gasteiger partial charge in [0.25, 0.3) is 5.91 Å². The van der Waals surface area contributed by atoms with Crippen molar-refractivity contribution in [2.45, 2.75) is 39.8 Å². The molecule has 5 rings (SSSR count). The summed E-state index contributed by atoms with van der Waals surface area (Å²) >= 11 is 2.98. The number of benzene rings is 3. The molecule has 0 aliphatic rings. The van der Waals surface area contributed by atoms with Crippen LogP contribution in [0.2, 0.25) is 0 Å². The number of aromatic nitrogens is 1. The molecule has 0 unspecified atom stereocenters. The molecule has 0 aliphatic heterocycles. The second-order valence-corrected chi connectivity index (χ2v) is 12.3. The molecular weight excluding hydrogens is 589 g/mol. The van der Waals surface area contributed by atoms with Crippen LogP contribution in [0.1, 0.15) is 58.3 Å². The molecule has 0 aliphatic carbocycles. The van der Waals surface area contributed by atoms with Crippen LogP contribution >= 0.6 is 22.7 Å². The lowest BCUT2D eigenvalue weighted by atomic mass is 10.1. The summed E-state index contributed by atoms with van der Waals surface area (Å²) in [6.07, 6.45) is 4.28. The zero-order valence-corrected chi connectivity index (χ0v) is 26.5. The summed E-state index contributed by atoms with van der Waals surface area (Å²) in [6, 6.07) is 27.6. The van der Waals surface area contributed by atoms with Gasteiger partial charge in [-0.1, -0.05) is 60.7 Å². The second-order valence-electron chi connectivity index (χ2n) is 10.3. The molecule has 1 N–H and O–H groups in total. The van der Waals surface area contributed by atoms with Gasteiger partial charge in [0.1, 0.15) is 17.4 Å². The largest absolute Gasteiger partial charge is 0.489 e. The average molecular weight is 623 g/mol. The molecule has 0 saturated carbocycles. The van der Waals surface area contributed by atoms with Crippen molar-refractivity contribution in [3.8, 4) is 5.75 Å². The molecule has 0 spiro atoms. The zero-order chi connectivity index (χ0) is 30.9. The first-order valence-electron chi connectivity index (χ1n) is 14.4. The molecule has 2 aromatic heterocycles. The molecule has 224 valence electrons. The smallest absolute Gasteiger partial charge is 0.333 e. The third-order valence-corrected chi connectivity index (χ3v) is 8.91. The lowest BCUT2D eigenvalue weighted by molar-refractivity contribution is -0.138. The minimum atomic E-state index is -0.340. The normalized spacial score (nSPS) is 12.6. The number of esters is 1. The third-order valence-electron chi connectivity index (χ3n) is 6.82. The van der Waals surface area contributed by atoms with Gasteiger partial charge in [-0.05, 0) is 85.7 Å². The number of carbonyl (C=O) groups excluding carboxylic acids is 2. The monoisotopic (exact) mass is 622 g/mol. The van der Waals surface area contributed by atoms with E-state index in [-0.39, 0.29) is 17.9 Å².